The van der Waals surface area contributed by atoms with Gasteiger partial charge in [-0.25, -0.2) is 0 Å². The van der Waals surface area contributed by atoms with Gasteiger partial charge in [-0.2, -0.15) is 0 Å². The first kappa shape index (κ1) is 18.6. The summed E-state index contributed by atoms with van der Waals surface area (Å²) in [6.07, 6.45) is 0. The molecular formula is C20H26N2O3. The average molecular weight is 342 g/mol. The lowest BCUT2D eigenvalue weighted by Crippen LogP contribution is -2.33. The van der Waals surface area contributed by atoms with Crippen molar-refractivity contribution in [1.82, 2.24) is 0 Å². The van der Waals surface area contributed by atoms with Crippen molar-refractivity contribution in [2.24, 2.45) is 0 Å². The minimum Gasteiger partial charge on any atom is -0.497 e. The predicted molar refractivity (Wildman–Crippen MR) is 102 cm³/mol. The number of benzene rings is 2. The van der Waals surface area contributed by atoms with E-state index < -0.39 is 0 Å². The van der Waals surface area contributed by atoms with Gasteiger partial charge < -0.3 is 19.7 Å². The lowest BCUT2D eigenvalue weighted by atomic mass is 10.1. The summed E-state index contributed by atoms with van der Waals surface area (Å²) >= 11 is 0. The van der Waals surface area contributed by atoms with E-state index in [0.717, 1.165) is 17.8 Å². The molecule has 0 aliphatic heterocycles. The van der Waals surface area contributed by atoms with Crippen LogP contribution in [0.25, 0.3) is 0 Å². The van der Waals surface area contributed by atoms with Crippen LogP contribution in [0.1, 0.15) is 18.1 Å². The van der Waals surface area contributed by atoms with E-state index in [1.165, 1.54) is 5.56 Å². The van der Waals surface area contributed by atoms with Crippen LogP contribution in [-0.2, 0) is 4.79 Å². The Hall–Kier alpha value is -2.69. The second-order valence-electron chi connectivity index (χ2n) is 5.95. The molecule has 5 nitrogen and oxygen atoms in total. The molecule has 0 radical (unpaired) electrons. The highest BCUT2D eigenvalue weighted by atomic mass is 16.5. The van der Waals surface area contributed by atoms with Crippen molar-refractivity contribution in [3.05, 3.63) is 47.5 Å². The van der Waals surface area contributed by atoms with Gasteiger partial charge >= 0.3 is 0 Å². The Morgan fingerprint density at radius 1 is 1.04 bits per heavy atom. The SMILES string of the molecule is CCN(CC(=O)Nc1cc(OC)cc(OC)c1)c1ccc(C)cc1C. The molecule has 0 unspecified atom stereocenters. The quantitative estimate of drug-likeness (QED) is 0.832. The molecule has 0 saturated carbocycles. The van der Waals surface area contributed by atoms with Crippen molar-refractivity contribution >= 4 is 17.3 Å². The van der Waals surface area contributed by atoms with Crippen molar-refractivity contribution in [2.45, 2.75) is 20.8 Å². The van der Waals surface area contributed by atoms with Crippen LogP contribution in [-0.4, -0.2) is 33.2 Å². The van der Waals surface area contributed by atoms with Crippen molar-refractivity contribution in [1.29, 1.82) is 0 Å². The molecule has 134 valence electrons. The number of carbonyl (C=O) groups is 1. The Kier molecular flexibility index (Phi) is 6.28. The summed E-state index contributed by atoms with van der Waals surface area (Å²) in [7, 11) is 3.17. The van der Waals surface area contributed by atoms with E-state index in [1.807, 2.05) is 6.92 Å². The van der Waals surface area contributed by atoms with Crippen molar-refractivity contribution in [2.75, 3.05) is 37.5 Å². The number of carbonyl (C=O) groups excluding carboxylic acids is 1. The van der Waals surface area contributed by atoms with Crippen LogP contribution in [0.15, 0.2) is 36.4 Å². The number of nitrogens with one attached hydrogen (secondary N) is 1. The van der Waals surface area contributed by atoms with Gasteiger partial charge in [0.1, 0.15) is 11.5 Å². The number of anilines is 2. The van der Waals surface area contributed by atoms with Gasteiger partial charge in [0.05, 0.1) is 20.8 Å². The first-order chi connectivity index (χ1) is 12.0. The van der Waals surface area contributed by atoms with E-state index in [4.69, 9.17) is 9.47 Å². The monoisotopic (exact) mass is 342 g/mol. The van der Waals surface area contributed by atoms with Gasteiger partial charge in [-0.05, 0) is 32.4 Å². The first-order valence-corrected chi connectivity index (χ1v) is 8.32. The normalized spacial score (nSPS) is 10.3. The Bertz CT molecular complexity index is 721. The summed E-state index contributed by atoms with van der Waals surface area (Å²) in [5.41, 5.74) is 4.10. The largest absolute Gasteiger partial charge is 0.497 e. The molecule has 25 heavy (non-hydrogen) atoms. The zero-order valence-electron chi connectivity index (χ0n) is 15.6. The molecule has 0 spiro atoms. The molecule has 2 aromatic carbocycles. The van der Waals surface area contributed by atoms with Crippen molar-refractivity contribution in [3.63, 3.8) is 0 Å². The zero-order chi connectivity index (χ0) is 18.4. The Balaban J connectivity index is 2.12. The molecule has 1 amide bonds. The van der Waals surface area contributed by atoms with Crippen LogP contribution < -0.4 is 19.7 Å². The van der Waals surface area contributed by atoms with Crippen LogP contribution >= 0.6 is 0 Å². The van der Waals surface area contributed by atoms with E-state index in [0.29, 0.717) is 17.2 Å². The molecule has 0 heterocycles. The summed E-state index contributed by atoms with van der Waals surface area (Å²) in [4.78, 5) is 14.6. The number of amides is 1. The highest BCUT2D eigenvalue weighted by molar-refractivity contribution is 5.94. The molecule has 0 saturated heterocycles. The van der Waals surface area contributed by atoms with Gasteiger partial charge in [-0.1, -0.05) is 17.7 Å². The average Bonchev–Trinajstić information content (AvgIpc) is 2.59. The third-order valence-electron chi connectivity index (χ3n) is 4.04. The van der Waals surface area contributed by atoms with Gasteiger partial charge in [-0.3, -0.25) is 4.79 Å². The van der Waals surface area contributed by atoms with Crippen LogP contribution in [0.4, 0.5) is 11.4 Å². The molecule has 2 rings (SSSR count). The fraction of sp³-hybridized carbons (Fsp3) is 0.350. The Labute approximate surface area is 149 Å². The Morgan fingerprint density at radius 2 is 1.68 bits per heavy atom. The maximum atomic E-state index is 12.5. The highest BCUT2D eigenvalue weighted by Gasteiger charge is 2.13. The number of rotatable bonds is 7. The number of ether oxygens (including phenoxy) is 2. The van der Waals surface area contributed by atoms with Gasteiger partial charge in [0.15, 0.2) is 0 Å². The lowest BCUT2D eigenvalue weighted by molar-refractivity contribution is -0.115. The third-order valence-corrected chi connectivity index (χ3v) is 4.04. The summed E-state index contributed by atoms with van der Waals surface area (Å²) < 4.78 is 10.5. The van der Waals surface area contributed by atoms with Gasteiger partial charge in [0.2, 0.25) is 5.91 Å². The minimum atomic E-state index is -0.0860. The maximum absolute atomic E-state index is 12.5. The van der Waals surface area contributed by atoms with E-state index >= 15 is 0 Å². The Morgan fingerprint density at radius 3 is 2.20 bits per heavy atom. The number of nitrogens with zero attached hydrogens (tertiary/aromatic N) is 1. The first-order valence-electron chi connectivity index (χ1n) is 8.32. The predicted octanol–water partition coefficient (Wildman–Crippen LogP) is 3.79. The molecule has 5 heteroatoms. The molecule has 0 fully saturated rings. The van der Waals surface area contributed by atoms with Crippen LogP contribution in [0.3, 0.4) is 0 Å². The van der Waals surface area contributed by atoms with E-state index in [-0.39, 0.29) is 12.5 Å². The summed E-state index contributed by atoms with van der Waals surface area (Å²) in [6, 6.07) is 11.6. The number of aryl methyl sites for hydroxylation is 2. The fourth-order valence-corrected chi connectivity index (χ4v) is 2.78. The van der Waals surface area contributed by atoms with E-state index in [2.05, 4.69) is 42.3 Å². The summed E-state index contributed by atoms with van der Waals surface area (Å²) in [6.45, 7) is 7.20. The molecule has 0 aliphatic carbocycles. The highest BCUT2D eigenvalue weighted by Crippen LogP contribution is 2.26. The minimum absolute atomic E-state index is 0.0860. The topological polar surface area (TPSA) is 50.8 Å². The lowest BCUT2D eigenvalue weighted by Gasteiger charge is -2.24. The smallest absolute Gasteiger partial charge is 0.243 e. The maximum Gasteiger partial charge on any atom is 0.243 e. The van der Waals surface area contributed by atoms with Gasteiger partial charge in [0, 0.05) is 36.1 Å². The van der Waals surface area contributed by atoms with Crippen LogP contribution in [0.5, 0.6) is 11.5 Å². The molecule has 2 aromatic rings. The number of hydrogen-bond acceptors (Lipinski definition) is 4. The van der Waals surface area contributed by atoms with E-state index in [1.54, 1.807) is 32.4 Å². The van der Waals surface area contributed by atoms with Crippen LogP contribution in [0, 0.1) is 13.8 Å². The number of likely N-dealkylation sites (N-methyl/N-ethyl adjacent to an activating group) is 1. The van der Waals surface area contributed by atoms with Gasteiger partial charge in [0.25, 0.3) is 0 Å². The summed E-state index contributed by atoms with van der Waals surface area (Å²) in [5, 5.41) is 2.92. The van der Waals surface area contributed by atoms with Crippen LogP contribution in [0.2, 0.25) is 0 Å². The van der Waals surface area contributed by atoms with E-state index in [9.17, 15) is 4.79 Å². The second kappa shape index (κ2) is 8.42. The number of methoxy groups -OCH3 is 2. The molecule has 1 N–H and O–H groups in total. The standard InChI is InChI=1S/C20H26N2O3/c1-6-22(19-8-7-14(2)9-15(19)3)13-20(23)21-16-10-17(24-4)12-18(11-16)25-5/h7-12H,6,13H2,1-5H3,(H,21,23). The third kappa shape index (κ3) is 4.89. The zero-order valence-corrected chi connectivity index (χ0v) is 15.6. The molecule has 0 bridgehead atoms. The fourth-order valence-electron chi connectivity index (χ4n) is 2.78. The van der Waals surface area contributed by atoms with Crippen molar-refractivity contribution in [3.8, 4) is 11.5 Å². The second-order valence-corrected chi connectivity index (χ2v) is 5.95. The molecule has 0 atom stereocenters. The van der Waals surface area contributed by atoms with Crippen molar-refractivity contribution < 1.29 is 14.3 Å². The molecular weight excluding hydrogens is 316 g/mol. The molecule has 0 aromatic heterocycles. The summed E-state index contributed by atoms with van der Waals surface area (Å²) in [5.74, 6) is 1.19. The molecule has 0 aliphatic rings. The number of hydrogen-bond donors (Lipinski definition) is 1. The van der Waals surface area contributed by atoms with Gasteiger partial charge in [-0.15, -0.1) is 0 Å².